The van der Waals surface area contributed by atoms with Gasteiger partial charge in [0.05, 0.1) is 6.04 Å². The number of carbonyl (C=O) groups excluding carboxylic acids is 2. The molecule has 1 aliphatic rings. The summed E-state index contributed by atoms with van der Waals surface area (Å²) in [5, 5.41) is 2.87. The van der Waals surface area contributed by atoms with E-state index in [1.54, 1.807) is 23.6 Å². The van der Waals surface area contributed by atoms with Crippen molar-refractivity contribution in [2.75, 3.05) is 28.8 Å². The Labute approximate surface area is 147 Å². The molecule has 1 atom stereocenters. The van der Waals surface area contributed by atoms with Crippen LogP contribution in [0.1, 0.15) is 25.3 Å². The second-order valence-corrected chi connectivity index (χ2v) is 6.48. The molecule has 0 saturated heterocycles. The summed E-state index contributed by atoms with van der Waals surface area (Å²) in [4.78, 5) is 25.5. The number of nitrogens with two attached hydrogens (primary N) is 1. The van der Waals surface area contributed by atoms with Crippen molar-refractivity contribution in [2.45, 2.75) is 32.2 Å². The molecule has 2 amide bonds. The number of amides is 2. The number of nitrogens with zero attached hydrogens (tertiary/aromatic N) is 1. The summed E-state index contributed by atoms with van der Waals surface area (Å²) in [7, 11) is 0. The van der Waals surface area contributed by atoms with E-state index in [2.05, 4.69) is 5.32 Å². The highest BCUT2D eigenvalue weighted by Crippen LogP contribution is 2.29. The molecule has 3 N–H and O–H groups in total. The maximum atomic E-state index is 12.0. The third-order valence-electron chi connectivity index (χ3n) is 3.82. The summed E-state index contributed by atoms with van der Waals surface area (Å²) in [5.41, 5.74) is 8.66. The minimum atomic E-state index is -0.489. The molecule has 1 aromatic rings. The van der Waals surface area contributed by atoms with Gasteiger partial charge < -0.3 is 16.0 Å². The van der Waals surface area contributed by atoms with Crippen molar-refractivity contribution in [3.05, 3.63) is 23.8 Å². The molecular weight excluding hydrogens is 334 g/mol. The second-order valence-electron chi connectivity index (χ2n) is 5.49. The van der Waals surface area contributed by atoms with Crippen LogP contribution in [0.4, 0.5) is 11.4 Å². The lowest BCUT2D eigenvalue weighted by Crippen LogP contribution is -2.36. The predicted molar refractivity (Wildman–Crippen MR) is 99.6 cm³/mol. The molecule has 1 aliphatic heterocycles. The van der Waals surface area contributed by atoms with E-state index >= 15 is 0 Å². The number of thioether (sulfide) groups is 1. The quantitative estimate of drug-likeness (QED) is 0.848. The lowest BCUT2D eigenvalue weighted by atomic mass is 10.0. The highest BCUT2D eigenvalue weighted by atomic mass is 35.5. The zero-order valence-corrected chi connectivity index (χ0v) is 15.1. The van der Waals surface area contributed by atoms with E-state index in [1.807, 2.05) is 24.5 Å². The standard InChI is InChI=1S/C16H23N3O2S.ClH/c1-11(20)19-8-3-4-12-10-13(5-6-15(12)19)18-16(21)14(17)7-9-22-2;/h5-6,10,14H,3-4,7-9,17H2,1-2H3,(H,18,21);1H. The smallest absolute Gasteiger partial charge is 0.241 e. The number of aryl methyl sites for hydroxylation is 1. The van der Waals surface area contributed by atoms with Gasteiger partial charge in [-0.25, -0.2) is 0 Å². The van der Waals surface area contributed by atoms with Crippen molar-refractivity contribution < 1.29 is 9.59 Å². The Hall–Kier alpha value is -1.24. The van der Waals surface area contributed by atoms with Gasteiger partial charge in [0.25, 0.3) is 0 Å². The number of carbonyl (C=O) groups is 2. The van der Waals surface area contributed by atoms with Gasteiger partial charge in [-0.15, -0.1) is 12.4 Å². The molecule has 0 radical (unpaired) electrons. The molecule has 0 aromatic heterocycles. The number of hydrogen-bond acceptors (Lipinski definition) is 4. The summed E-state index contributed by atoms with van der Waals surface area (Å²) in [6.07, 6.45) is 4.52. The summed E-state index contributed by atoms with van der Waals surface area (Å²) in [6, 6.07) is 5.19. The van der Waals surface area contributed by atoms with E-state index in [0.29, 0.717) is 6.42 Å². The zero-order chi connectivity index (χ0) is 16.1. The van der Waals surface area contributed by atoms with Gasteiger partial charge in [0.1, 0.15) is 0 Å². The Morgan fingerprint density at radius 2 is 2.17 bits per heavy atom. The van der Waals surface area contributed by atoms with Crippen LogP contribution in [0, 0.1) is 0 Å². The van der Waals surface area contributed by atoms with E-state index in [4.69, 9.17) is 5.73 Å². The molecule has 2 rings (SSSR count). The monoisotopic (exact) mass is 357 g/mol. The second kappa shape index (κ2) is 9.15. The number of anilines is 2. The van der Waals surface area contributed by atoms with E-state index in [-0.39, 0.29) is 24.2 Å². The number of nitrogens with one attached hydrogen (secondary N) is 1. The fraction of sp³-hybridized carbons (Fsp3) is 0.500. The van der Waals surface area contributed by atoms with Crippen molar-refractivity contribution >= 4 is 47.4 Å². The fourth-order valence-electron chi connectivity index (χ4n) is 2.61. The molecule has 1 unspecified atom stereocenters. The van der Waals surface area contributed by atoms with Crippen LogP contribution in [0.25, 0.3) is 0 Å². The van der Waals surface area contributed by atoms with Crippen LogP contribution in [-0.2, 0) is 16.0 Å². The average Bonchev–Trinajstić information content (AvgIpc) is 2.51. The molecule has 0 fully saturated rings. The van der Waals surface area contributed by atoms with Crippen LogP contribution in [-0.4, -0.2) is 36.4 Å². The van der Waals surface area contributed by atoms with Gasteiger partial charge in [-0.1, -0.05) is 0 Å². The van der Waals surface area contributed by atoms with Crippen molar-refractivity contribution in [1.82, 2.24) is 0 Å². The van der Waals surface area contributed by atoms with Crippen molar-refractivity contribution in [2.24, 2.45) is 5.73 Å². The van der Waals surface area contributed by atoms with Crippen LogP contribution in [0.5, 0.6) is 0 Å². The lowest BCUT2D eigenvalue weighted by molar-refractivity contribution is -0.117. The Morgan fingerprint density at radius 3 is 2.83 bits per heavy atom. The first-order valence-electron chi connectivity index (χ1n) is 7.49. The zero-order valence-electron chi connectivity index (χ0n) is 13.5. The number of fused-ring (bicyclic) bond motifs is 1. The normalized spacial score (nSPS) is 14.5. The number of hydrogen-bond donors (Lipinski definition) is 2. The summed E-state index contributed by atoms with van der Waals surface area (Å²) >= 11 is 1.68. The highest BCUT2D eigenvalue weighted by Gasteiger charge is 2.20. The highest BCUT2D eigenvalue weighted by molar-refractivity contribution is 7.98. The molecule has 0 aliphatic carbocycles. The Bertz CT molecular complexity index is 568. The van der Waals surface area contributed by atoms with Crippen molar-refractivity contribution in [3.63, 3.8) is 0 Å². The van der Waals surface area contributed by atoms with E-state index in [9.17, 15) is 9.59 Å². The third-order valence-corrected chi connectivity index (χ3v) is 4.46. The molecule has 1 aromatic carbocycles. The Morgan fingerprint density at radius 1 is 1.43 bits per heavy atom. The molecule has 23 heavy (non-hydrogen) atoms. The molecular formula is C16H24ClN3O2S. The SMILES string of the molecule is CSCCC(N)C(=O)Nc1ccc2c(c1)CCCN2C(C)=O.Cl. The van der Waals surface area contributed by atoms with Gasteiger partial charge in [0.2, 0.25) is 11.8 Å². The molecule has 128 valence electrons. The predicted octanol–water partition coefficient (Wildman–Crippen LogP) is 2.43. The molecule has 7 heteroatoms. The van der Waals surface area contributed by atoms with Crippen LogP contribution < -0.4 is 16.0 Å². The largest absolute Gasteiger partial charge is 0.325 e. The van der Waals surface area contributed by atoms with Gasteiger partial charge in [0, 0.05) is 24.8 Å². The van der Waals surface area contributed by atoms with Crippen LogP contribution in [0.3, 0.4) is 0 Å². The summed E-state index contributed by atoms with van der Waals surface area (Å²) in [6.45, 7) is 2.34. The van der Waals surface area contributed by atoms with Crippen LogP contribution in [0.15, 0.2) is 18.2 Å². The first kappa shape index (κ1) is 19.8. The van der Waals surface area contributed by atoms with Gasteiger partial charge >= 0.3 is 0 Å². The van der Waals surface area contributed by atoms with E-state index in [1.165, 1.54) is 0 Å². The molecule has 0 spiro atoms. The number of benzene rings is 1. The van der Waals surface area contributed by atoms with E-state index in [0.717, 1.165) is 42.1 Å². The molecule has 0 bridgehead atoms. The molecule has 1 heterocycles. The summed E-state index contributed by atoms with van der Waals surface area (Å²) < 4.78 is 0. The topological polar surface area (TPSA) is 75.4 Å². The third kappa shape index (κ3) is 5.12. The van der Waals surface area contributed by atoms with Gasteiger partial charge in [-0.3, -0.25) is 9.59 Å². The lowest BCUT2D eigenvalue weighted by Gasteiger charge is -2.29. The van der Waals surface area contributed by atoms with Crippen molar-refractivity contribution in [3.8, 4) is 0 Å². The first-order valence-corrected chi connectivity index (χ1v) is 8.88. The maximum absolute atomic E-state index is 12.0. The van der Waals surface area contributed by atoms with Crippen LogP contribution >= 0.6 is 24.2 Å². The minimum absolute atomic E-state index is 0. The molecule has 5 nitrogen and oxygen atoms in total. The number of halogens is 1. The first-order chi connectivity index (χ1) is 10.5. The van der Waals surface area contributed by atoms with Crippen molar-refractivity contribution in [1.29, 1.82) is 0 Å². The summed E-state index contributed by atoms with van der Waals surface area (Å²) in [5.74, 6) is 0.761. The van der Waals surface area contributed by atoms with E-state index < -0.39 is 6.04 Å². The molecule has 0 saturated carbocycles. The Kier molecular flexibility index (Phi) is 7.88. The minimum Gasteiger partial charge on any atom is -0.325 e. The van der Waals surface area contributed by atoms with Gasteiger partial charge in [-0.05, 0) is 55.0 Å². The van der Waals surface area contributed by atoms with Crippen LogP contribution in [0.2, 0.25) is 0 Å². The fourth-order valence-corrected chi connectivity index (χ4v) is 3.10. The van der Waals surface area contributed by atoms with Gasteiger partial charge in [0.15, 0.2) is 0 Å². The Balaban J connectivity index is 0.00000264. The average molecular weight is 358 g/mol. The maximum Gasteiger partial charge on any atom is 0.241 e. The van der Waals surface area contributed by atoms with Gasteiger partial charge in [-0.2, -0.15) is 11.8 Å². The number of rotatable bonds is 5.